The van der Waals surface area contributed by atoms with Crippen LogP contribution >= 0.6 is 11.3 Å². The molecule has 0 saturated heterocycles. The van der Waals surface area contributed by atoms with Gasteiger partial charge in [0.2, 0.25) is 11.8 Å². The number of fused-ring (bicyclic) bond motifs is 3. The first-order valence-electron chi connectivity index (χ1n) is 9.45. The van der Waals surface area contributed by atoms with Crippen LogP contribution in [-0.4, -0.2) is 20.9 Å². The highest BCUT2D eigenvalue weighted by atomic mass is 32.1. The fourth-order valence-corrected chi connectivity index (χ4v) is 4.86. The predicted octanol–water partition coefficient (Wildman–Crippen LogP) is 4.99. The minimum atomic E-state index is -0.124. The van der Waals surface area contributed by atoms with Crippen LogP contribution in [0.15, 0.2) is 48.8 Å². The molecule has 1 aliphatic carbocycles. The van der Waals surface area contributed by atoms with Crippen molar-refractivity contribution in [2.75, 3.05) is 5.32 Å². The molecular formula is C22H18N4O2S. The molecule has 0 radical (unpaired) electrons. The third-order valence-corrected chi connectivity index (χ3v) is 6.01. The predicted molar refractivity (Wildman–Crippen MR) is 113 cm³/mol. The maximum absolute atomic E-state index is 11.4. The summed E-state index contributed by atoms with van der Waals surface area (Å²) in [4.78, 5) is 27.4. The zero-order chi connectivity index (χ0) is 19.8. The van der Waals surface area contributed by atoms with E-state index in [1.807, 2.05) is 30.3 Å². The number of thiophene rings is 1. The molecule has 0 atom stereocenters. The van der Waals surface area contributed by atoms with Crippen LogP contribution in [0.1, 0.15) is 23.8 Å². The van der Waals surface area contributed by atoms with E-state index in [0.717, 1.165) is 35.0 Å². The van der Waals surface area contributed by atoms with Gasteiger partial charge in [-0.05, 0) is 49.1 Å². The summed E-state index contributed by atoms with van der Waals surface area (Å²) in [5.41, 5.74) is 2.83. The van der Waals surface area contributed by atoms with Crippen LogP contribution in [0.5, 0.6) is 11.6 Å². The quantitative estimate of drug-likeness (QED) is 0.520. The van der Waals surface area contributed by atoms with Crippen LogP contribution in [-0.2, 0) is 17.6 Å². The Bertz CT molecular complexity index is 1220. The molecule has 6 nitrogen and oxygen atoms in total. The minimum Gasteiger partial charge on any atom is -0.438 e. The standard InChI is InChI=1S/C22H18N4O2S/c1-13(27)24-15-6-2-7-16(11-15)28-21-19-17-8-3-9-18(17)29-22(19)26-20(25-21)14-5-4-10-23-12-14/h2,4-7,10-12H,3,8-9H2,1H3,(H,24,27). The van der Waals surface area contributed by atoms with Crippen molar-refractivity contribution in [3.63, 3.8) is 0 Å². The molecule has 7 heteroatoms. The van der Waals surface area contributed by atoms with Crippen LogP contribution in [0.4, 0.5) is 5.69 Å². The number of carbonyl (C=O) groups is 1. The lowest BCUT2D eigenvalue weighted by molar-refractivity contribution is -0.114. The third-order valence-electron chi connectivity index (χ3n) is 4.82. The van der Waals surface area contributed by atoms with Gasteiger partial charge in [0.15, 0.2) is 5.82 Å². The molecule has 29 heavy (non-hydrogen) atoms. The van der Waals surface area contributed by atoms with Gasteiger partial charge in [0.25, 0.3) is 0 Å². The molecule has 0 spiro atoms. The van der Waals surface area contributed by atoms with Crippen molar-refractivity contribution in [3.8, 4) is 23.0 Å². The van der Waals surface area contributed by atoms with Gasteiger partial charge in [-0.15, -0.1) is 11.3 Å². The first-order chi connectivity index (χ1) is 14.2. The fourth-order valence-electron chi connectivity index (χ4n) is 3.61. The lowest BCUT2D eigenvalue weighted by Crippen LogP contribution is -2.05. The second-order valence-electron chi connectivity index (χ2n) is 6.94. The Hall–Kier alpha value is -3.32. The lowest BCUT2D eigenvalue weighted by atomic mass is 10.2. The summed E-state index contributed by atoms with van der Waals surface area (Å²) in [5.74, 6) is 1.64. The Kier molecular flexibility index (Phi) is 4.44. The van der Waals surface area contributed by atoms with Gasteiger partial charge in [0.1, 0.15) is 10.6 Å². The Morgan fingerprint density at radius 3 is 2.93 bits per heavy atom. The first kappa shape index (κ1) is 17.8. The molecule has 1 aliphatic rings. The number of amides is 1. The van der Waals surface area contributed by atoms with Gasteiger partial charge >= 0.3 is 0 Å². The number of pyridine rings is 1. The lowest BCUT2D eigenvalue weighted by Gasteiger charge is -2.10. The SMILES string of the molecule is CC(=O)Nc1cccc(Oc2nc(-c3cccnc3)nc3sc4c(c23)CCC4)c1. The van der Waals surface area contributed by atoms with E-state index in [4.69, 9.17) is 14.7 Å². The smallest absolute Gasteiger partial charge is 0.231 e. The van der Waals surface area contributed by atoms with Gasteiger partial charge in [-0.3, -0.25) is 9.78 Å². The molecule has 0 saturated carbocycles. The number of nitrogens with zero attached hydrogens (tertiary/aromatic N) is 3. The van der Waals surface area contributed by atoms with Crippen molar-refractivity contribution >= 4 is 33.1 Å². The topological polar surface area (TPSA) is 77.0 Å². The number of nitrogens with one attached hydrogen (secondary N) is 1. The number of carbonyl (C=O) groups excluding carboxylic acids is 1. The van der Waals surface area contributed by atoms with Crippen molar-refractivity contribution in [3.05, 3.63) is 59.2 Å². The highest BCUT2D eigenvalue weighted by Crippen LogP contribution is 2.42. The molecule has 0 unspecified atom stereocenters. The number of hydrogen-bond donors (Lipinski definition) is 1. The maximum atomic E-state index is 11.4. The largest absolute Gasteiger partial charge is 0.438 e. The third kappa shape index (κ3) is 3.45. The second-order valence-corrected chi connectivity index (χ2v) is 8.03. The van der Waals surface area contributed by atoms with Crippen molar-refractivity contribution < 1.29 is 9.53 Å². The van der Waals surface area contributed by atoms with Crippen molar-refractivity contribution in [2.45, 2.75) is 26.2 Å². The summed E-state index contributed by atoms with van der Waals surface area (Å²) in [6, 6.07) is 11.1. The molecule has 1 amide bonds. The average molecular weight is 402 g/mol. The van der Waals surface area contributed by atoms with E-state index in [1.165, 1.54) is 17.4 Å². The summed E-state index contributed by atoms with van der Waals surface area (Å²) in [5, 5.41) is 3.78. The number of benzene rings is 1. The molecule has 3 heterocycles. The Morgan fingerprint density at radius 2 is 2.10 bits per heavy atom. The van der Waals surface area contributed by atoms with E-state index in [-0.39, 0.29) is 5.91 Å². The molecule has 0 bridgehead atoms. The van der Waals surface area contributed by atoms with Crippen LogP contribution in [0, 0.1) is 0 Å². The number of hydrogen-bond acceptors (Lipinski definition) is 6. The fraction of sp³-hybridized carbons (Fsp3) is 0.182. The summed E-state index contributed by atoms with van der Waals surface area (Å²) in [7, 11) is 0. The zero-order valence-corrected chi connectivity index (χ0v) is 16.6. The summed E-state index contributed by atoms with van der Waals surface area (Å²) >= 11 is 1.72. The van der Waals surface area contributed by atoms with Gasteiger partial charge in [-0.2, -0.15) is 4.98 Å². The number of ether oxygens (including phenoxy) is 1. The van der Waals surface area contributed by atoms with Crippen LogP contribution in [0.2, 0.25) is 0 Å². The van der Waals surface area contributed by atoms with E-state index < -0.39 is 0 Å². The molecule has 1 N–H and O–H groups in total. The molecule has 1 aromatic carbocycles. The van der Waals surface area contributed by atoms with E-state index in [0.29, 0.717) is 23.1 Å². The van der Waals surface area contributed by atoms with Crippen molar-refractivity contribution in [1.82, 2.24) is 15.0 Å². The molecule has 0 aliphatic heterocycles. The van der Waals surface area contributed by atoms with Gasteiger partial charge < -0.3 is 10.1 Å². The highest BCUT2D eigenvalue weighted by molar-refractivity contribution is 7.19. The van der Waals surface area contributed by atoms with Crippen LogP contribution in [0.3, 0.4) is 0 Å². The molecule has 5 rings (SSSR count). The first-order valence-corrected chi connectivity index (χ1v) is 10.3. The van der Waals surface area contributed by atoms with Crippen molar-refractivity contribution in [1.29, 1.82) is 0 Å². The second kappa shape index (κ2) is 7.25. The molecule has 144 valence electrons. The monoisotopic (exact) mass is 402 g/mol. The Morgan fingerprint density at radius 1 is 1.17 bits per heavy atom. The summed E-state index contributed by atoms with van der Waals surface area (Å²) in [6.45, 7) is 1.48. The number of anilines is 1. The minimum absolute atomic E-state index is 0.124. The van der Waals surface area contributed by atoms with E-state index in [1.54, 1.807) is 29.8 Å². The summed E-state index contributed by atoms with van der Waals surface area (Å²) < 4.78 is 6.24. The average Bonchev–Trinajstić information content (AvgIpc) is 3.29. The van der Waals surface area contributed by atoms with E-state index >= 15 is 0 Å². The van der Waals surface area contributed by atoms with Crippen LogP contribution in [0.25, 0.3) is 21.6 Å². The molecule has 3 aromatic heterocycles. The van der Waals surface area contributed by atoms with Gasteiger partial charge in [-0.25, -0.2) is 4.98 Å². The van der Waals surface area contributed by atoms with Gasteiger partial charge in [-0.1, -0.05) is 6.07 Å². The van der Waals surface area contributed by atoms with E-state index in [2.05, 4.69) is 10.3 Å². The number of rotatable bonds is 4. The number of aromatic nitrogens is 3. The van der Waals surface area contributed by atoms with Crippen LogP contribution < -0.4 is 10.1 Å². The normalized spacial score (nSPS) is 12.7. The maximum Gasteiger partial charge on any atom is 0.231 e. The molecule has 4 aromatic rings. The van der Waals surface area contributed by atoms with E-state index in [9.17, 15) is 4.79 Å². The molecule has 0 fully saturated rings. The number of aryl methyl sites for hydroxylation is 2. The Balaban J connectivity index is 1.62. The highest BCUT2D eigenvalue weighted by Gasteiger charge is 2.24. The summed E-state index contributed by atoms with van der Waals surface area (Å²) in [6.07, 6.45) is 6.73. The molecular weight excluding hydrogens is 384 g/mol. The van der Waals surface area contributed by atoms with Gasteiger partial charge in [0, 0.05) is 41.5 Å². The van der Waals surface area contributed by atoms with Crippen molar-refractivity contribution in [2.24, 2.45) is 0 Å². The zero-order valence-electron chi connectivity index (χ0n) is 15.8. The van der Waals surface area contributed by atoms with Gasteiger partial charge in [0.05, 0.1) is 5.39 Å². The Labute approximate surface area is 171 Å².